The van der Waals surface area contributed by atoms with Crippen LogP contribution in [0.25, 0.3) is 0 Å². The molecule has 0 saturated heterocycles. The van der Waals surface area contributed by atoms with Crippen LogP contribution < -0.4 is 5.32 Å². The van der Waals surface area contributed by atoms with Crippen molar-refractivity contribution in [2.75, 3.05) is 0 Å². The lowest BCUT2D eigenvalue weighted by molar-refractivity contribution is -0.144. The van der Waals surface area contributed by atoms with Gasteiger partial charge in [-0.25, -0.2) is 4.79 Å². The van der Waals surface area contributed by atoms with Crippen molar-refractivity contribution in [3.63, 3.8) is 0 Å². The molecule has 0 bridgehead atoms. The van der Waals surface area contributed by atoms with E-state index >= 15 is 0 Å². The lowest BCUT2D eigenvalue weighted by atomic mass is 9.72. The quantitative estimate of drug-likeness (QED) is 0.480. The van der Waals surface area contributed by atoms with Gasteiger partial charge in [0.25, 0.3) is 0 Å². The third kappa shape index (κ3) is 4.73. The van der Waals surface area contributed by atoms with Crippen molar-refractivity contribution in [2.24, 2.45) is 0 Å². The lowest BCUT2D eigenvalue weighted by Crippen LogP contribution is -2.36. The Balaban J connectivity index is 1.80. The molecule has 0 aromatic heterocycles. The minimum absolute atomic E-state index is 0.0232. The maximum absolute atomic E-state index is 13.6. The van der Waals surface area contributed by atoms with E-state index in [1.54, 1.807) is 12.1 Å². The summed E-state index contributed by atoms with van der Waals surface area (Å²) in [6.45, 7) is 5.68. The molecular weight excluding hydrogens is 457 g/mol. The number of benzene rings is 2. The van der Waals surface area contributed by atoms with Gasteiger partial charge in [0.2, 0.25) is 0 Å². The van der Waals surface area contributed by atoms with Crippen LogP contribution in [-0.4, -0.2) is 17.9 Å². The first kappa shape index (κ1) is 23.6. The Morgan fingerprint density at radius 1 is 1.09 bits per heavy atom. The summed E-state index contributed by atoms with van der Waals surface area (Å²) in [7, 11) is 0. The Labute approximate surface area is 204 Å². The summed E-state index contributed by atoms with van der Waals surface area (Å²) in [5, 5.41) is 4.18. The van der Waals surface area contributed by atoms with Gasteiger partial charge in [0, 0.05) is 29.3 Å². The molecule has 4 rings (SSSR count). The summed E-state index contributed by atoms with van der Waals surface area (Å²) < 4.78 is 5.69. The monoisotopic (exact) mass is 483 g/mol. The average Bonchev–Trinajstić information content (AvgIpc) is 2.80. The number of hydrogen-bond acceptors (Lipinski definition) is 4. The highest BCUT2D eigenvalue weighted by molar-refractivity contribution is 6.42. The number of hydrogen-bond donors (Lipinski definition) is 1. The molecule has 1 heterocycles. The van der Waals surface area contributed by atoms with E-state index in [4.69, 9.17) is 27.9 Å². The van der Waals surface area contributed by atoms with Crippen molar-refractivity contribution < 1.29 is 14.3 Å². The smallest absolute Gasteiger partial charge is 0.337 e. The molecule has 3 atom stereocenters. The van der Waals surface area contributed by atoms with E-state index in [0.717, 1.165) is 16.8 Å². The Morgan fingerprint density at radius 2 is 1.82 bits per heavy atom. The van der Waals surface area contributed by atoms with Crippen molar-refractivity contribution >= 4 is 35.0 Å². The number of dihydropyridines is 1. The van der Waals surface area contributed by atoms with Crippen LogP contribution in [0.15, 0.2) is 71.1 Å². The van der Waals surface area contributed by atoms with Gasteiger partial charge in [-0.15, -0.1) is 0 Å². The number of ketones is 1. The third-order valence-corrected chi connectivity index (χ3v) is 7.22. The predicted octanol–water partition coefficient (Wildman–Crippen LogP) is 6.70. The Morgan fingerprint density at radius 3 is 2.48 bits per heavy atom. The van der Waals surface area contributed by atoms with Crippen LogP contribution in [0.5, 0.6) is 0 Å². The standard InChI is InChI=1S/C27H27Cl2NO3/c1-4-15(2)33-27(32)24-16(3)30-22-13-19(17-8-6-5-7-9-17)14-23(31)26(22)25(24)18-10-11-20(28)21(29)12-18/h5-12,15,19,25,30H,4,13-14H2,1-3H3/t15-,19-,25+/m1/s1. The first-order chi connectivity index (χ1) is 15.8. The van der Waals surface area contributed by atoms with Crippen molar-refractivity contribution in [3.05, 3.63) is 92.2 Å². The van der Waals surface area contributed by atoms with E-state index in [1.807, 2.05) is 45.0 Å². The molecule has 0 saturated carbocycles. The second-order valence-corrected chi connectivity index (χ2v) is 9.54. The summed E-state index contributed by atoms with van der Waals surface area (Å²) in [6, 6.07) is 15.3. The van der Waals surface area contributed by atoms with Crippen molar-refractivity contribution in [3.8, 4) is 0 Å². The number of halogens is 2. The van der Waals surface area contributed by atoms with Crippen molar-refractivity contribution in [1.29, 1.82) is 0 Å². The third-order valence-electron chi connectivity index (χ3n) is 6.48. The number of allylic oxidation sites excluding steroid dienone is 3. The number of carbonyl (C=O) groups is 2. The fourth-order valence-electron chi connectivity index (χ4n) is 4.63. The molecule has 0 unspecified atom stereocenters. The molecule has 0 fully saturated rings. The Kier molecular flexibility index (Phi) is 6.96. The molecule has 33 heavy (non-hydrogen) atoms. The Hall–Kier alpha value is -2.56. The minimum atomic E-state index is -0.559. The van der Waals surface area contributed by atoms with Crippen LogP contribution in [0.4, 0.5) is 0 Å². The van der Waals surface area contributed by atoms with Gasteiger partial charge in [0.15, 0.2) is 5.78 Å². The van der Waals surface area contributed by atoms with E-state index in [9.17, 15) is 9.59 Å². The normalized spacial score (nSPS) is 21.4. The number of Topliss-reactive ketones (excluding diaryl/α,β-unsaturated/α-hetero) is 1. The van der Waals surface area contributed by atoms with E-state index in [0.29, 0.717) is 46.2 Å². The first-order valence-corrected chi connectivity index (χ1v) is 12.0. The fourth-order valence-corrected chi connectivity index (χ4v) is 4.93. The van der Waals surface area contributed by atoms with Crippen molar-refractivity contribution in [2.45, 2.75) is 58.0 Å². The highest BCUT2D eigenvalue weighted by atomic mass is 35.5. The van der Waals surface area contributed by atoms with Gasteiger partial charge in [0.05, 0.1) is 21.7 Å². The Bertz CT molecular complexity index is 1150. The summed E-state index contributed by atoms with van der Waals surface area (Å²) in [4.78, 5) is 26.8. The molecule has 2 aromatic rings. The molecule has 172 valence electrons. The molecule has 4 nitrogen and oxygen atoms in total. The molecule has 2 aromatic carbocycles. The van der Waals surface area contributed by atoms with Crippen LogP contribution in [0.1, 0.15) is 63.0 Å². The van der Waals surface area contributed by atoms with E-state index in [1.165, 1.54) is 0 Å². The van der Waals surface area contributed by atoms with Gasteiger partial charge in [-0.3, -0.25) is 4.79 Å². The number of esters is 1. The van der Waals surface area contributed by atoms with Crippen LogP contribution in [0.3, 0.4) is 0 Å². The van der Waals surface area contributed by atoms with E-state index < -0.39 is 11.9 Å². The van der Waals surface area contributed by atoms with Gasteiger partial charge in [-0.05, 0) is 55.9 Å². The van der Waals surface area contributed by atoms with Gasteiger partial charge in [-0.2, -0.15) is 0 Å². The summed E-state index contributed by atoms with van der Waals surface area (Å²) in [5.41, 5.74) is 4.49. The maximum Gasteiger partial charge on any atom is 0.337 e. The molecule has 1 N–H and O–H groups in total. The average molecular weight is 484 g/mol. The molecular formula is C27H27Cl2NO3. The minimum Gasteiger partial charge on any atom is -0.459 e. The fraction of sp³-hybridized carbons (Fsp3) is 0.333. The number of rotatable bonds is 5. The van der Waals surface area contributed by atoms with E-state index in [-0.39, 0.29) is 17.8 Å². The molecule has 6 heteroatoms. The molecule has 0 amide bonds. The zero-order chi connectivity index (χ0) is 23.7. The topological polar surface area (TPSA) is 55.4 Å². The molecule has 1 aliphatic heterocycles. The largest absolute Gasteiger partial charge is 0.459 e. The molecule has 0 radical (unpaired) electrons. The van der Waals surface area contributed by atoms with Gasteiger partial charge in [0.1, 0.15) is 0 Å². The van der Waals surface area contributed by atoms with Crippen LogP contribution in [0.2, 0.25) is 10.0 Å². The summed E-state index contributed by atoms with van der Waals surface area (Å²) >= 11 is 12.5. The lowest BCUT2D eigenvalue weighted by Gasteiger charge is -2.37. The maximum atomic E-state index is 13.6. The van der Waals surface area contributed by atoms with E-state index in [2.05, 4.69) is 17.4 Å². The summed E-state index contributed by atoms with van der Waals surface area (Å²) in [6.07, 6.45) is 1.55. The van der Waals surface area contributed by atoms with Crippen molar-refractivity contribution in [1.82, 2.24) is 5.32 Å². The highest BCUT2D eigenvalue weighted by Crippen LogP contribution is 2.46. The van der Waals surface area contributed by atoms with Gasteiger partial charge < -0.3 is 10.1 Å². The summed E-state index contributed by atoms with van der Waals surface area (Å²) in [5.74, 6) is -0.873. The molecule has 2 aliphatic rings. The van der Waals surface area contributed by atoms with Crippen LogP contribution in [0, 0.1) is 0 Å². The predicted molar refractivity (Wildman–Crippen MR) is 131 cm³/mol. The van der Waals surface area contributed by atoms with Crippen LogP contribution in [-0.2, 0) is 14.3 Å². The number of ether oxygens (including phenoxy) is 1. The van der Waals surface area contributed by atoms with Gasteiger partial charge in [-0.1, -0.05) is 66.5 Å². The first-order valence-electron chi connectivity index (χ1n) is 11.2. The zero-order valence-electron chi connectivity index (χ0n) is 19.0. The van der Waals surface area contributed by atoms with Gasteiger partial charge >= 0.3 is 5.97 Å². The zero-order valence-corrected chi connectivity index (χ0v) is 20.5. The van der Waals surface area contributed by atoms with Crippen LogP contribution >= 0.6 is 23.2 Å². The number of nitrogens with one attached hydrogen (secondary N) is 1. The second-order valence-electron chi connectivity index (χ2n) is 8.73. The molecule has 0 spiro atoms. The number of carbonyl (C=O) groups excluding carboxylic acids is 2. The highest BCUT2D eigenvalue weighted by Gasteiger charge is 2.41. The second kappa shape index (κ2) is 9.74. The molecule has 1 aliphatic carbocycles. The SMILES string of the molecule is CC[C@@H](C)OC(=O)C1=C(C)NC2=C(C(=O)C[C@H](c3ccccc3)C2)[C@H]1c1ccc(Cl)c(Cl)c1.